The molecule has 176 valence electrons. The van der Waals surface area contributed by atoms with Crippen molar-refractivity contribution in [3.05, 3.63) is 71.6 Å². The number of aromatic amines is 1. The number of allylic oxidation sites excluding steroid dienone is 3. The molecule has 34 heavy (non-hydrogen) atoms. The first-order chi connectivity index (χ1) is 16.4. The van der Waals surface area contributed by atoms with Crippen LogP contribution in [0.15, 0.2) is 58.7 Å². The Hall–Kier alpha value is -3.26. The summed E-state index contributed by atoms with van der Waals surface area (Å²) in [6, 6.07) is 1.46. The van der Waals surface area contributed by atoms with Gasteiger partial charge in [-0.15, -0.1) is 10.2 Å². The van der Waals surface area contributed by atoms with Crippen molar-refractivity contribution in [1.29, 1.82) is 0 Å². The number of aromatic nitrogens is 6. The average molecular weight is 573 g/mol. The number of amides is 1. The van der Waals surface area contributed by atoms with Gasteiger partial charge in [0.1, 0.15) is 5.69 Å². The molecule has 5 rings (SSSR count). The van der Waals surface area contributed by atoms with Crippen molar-refractivity contribution in [2.24, 2.45) is 12.9 Å². The van der Waals surface area contributed by atoms with Crippen LogP contribution in [0.5, 0.6) is 0 Å². The highest BCUT2D eigenvalue weighted by Crippen LogP contribution is 2.34. The highest BCUT2D eigenvalue weighted by Gasteiger charge is 2.35. The summed E-state index contributed by atoms with van der Waals surface area (Å²) in [6.07, 6.45) is 12.4. The minimum Gasteiger partial charge on any atom is -0.411 e. The van der Waals surface area contributed by atoms with E-state index in [9.17, 15) is 4.79 Å². The third kappa shape index (κ3) is 4.07. The fourth-order valence-corrected chi connectivity index (χ4v) is 4.82. The molecule has 2 atom stereocenters. The van der Waals surface area contributed by atoms with Gasteiger partial charge in [-0.1, -0.05) is 34.7 Å². The molecule has 0 radical (unpaired) electrons. The molecule has 3 aromatic heterocycles. The van der Waals surface area contributed by atoms with Crippen LogP contribution in [0.3, 0.4) is 0 Å². The second-order valence-corrected chi connectivity index (χ2v) is 9.96. The number of rotatable bonds is 5. The quantitative estimate of drug-likeness (QED) is 0.270. The van der Waals surface area contributed by atoms with Gasteiger partial charge in [-0.25, -0.2) is 10.8 Å². The van der Waals surface area contributed by atoms with Gasteiger partial charge in [-0.2, -0.15) is 5.10 Å². The number of nitrogens with zero attached hydrogens (tertiary/aromatic N) is 7. The maximum absolute atomic E-state index is 13.5. The fourth-order valence-electron chi connectivity index (χ4n) is 4.29. The molecule has 0 fully saturated rings. The summed E-state index contributed by atoms with van der Waals surface area (Å²) < 4.78 is 7.62. The normalized spacial score (nSPS) is 19.9. The molecule has 3 aromatic rings. The molecule has 12 heteroatoms. The van der Waals surface area contributed by atoms with Crippen LogP contribution in [0.1, 0.15) is 41.5 Å². The van der Waals surface area contributed by atoms with Gasteiger partial charge in [0.2, 0.25) is 0 Å². The van der Waals surface area contributed by atoms with E-state index in [2.05, 4.69) is 66.9 Å². The summed E-state index contributed by atoms with van der Waals surface area (Å²) in [5.74, 6) is 6.09. The van der Waals surface area contributed by atoms with Crippen LogP contribution >= 0.6 is 22.6 Å². The Morgan fingerprint density at radius 2 is 2.29 bits per heavy atom. The number of hydrogen-bond donors (Lipinski definition) is 2. The first-order valence-corrected chi connectivity index (χ1v) is 12.1. The third-order valence-corrected chi connectivity index (χ3v) is 6.69. The number of imidazole rings is 1. The number of aryl methyl sites for hydroxylation is 1. The van der Waals surface area contributed by atoms with E-state index in [0.29, 0.717) is 25.1 Å². The fraction of sp³-hybridized carbons (Fsp3) is 0.318. The largest absolute Gasteiger partial charge is 0.411 e. The smallest absolute Gasteiger partial charge is 0.312 e. The lowest BCUT2D eigenvalue weighted by atomic mass is 9.97. The number of hydrazine groups is 1. The molecule has 2 aliphatic heterocycles. The Morgan fingerprint density at radius 1 is 1.44 bits per heavy atom. The molecular weight excluding hydrogens is 549 g/mol. The van der Waals surface area contributed by atoms with Gasteiger partial charge < -0.3 is 14.3 Å². The third-order valence-electron chi connectivity index (χ3n) is 6.01. The monoisotopic (exact) mass is 573 g/mol. The standard InChI is InChI=1S/C22H24IN9O2/c1-13(23)14-4-3-10-32(24)16(14)5-6-17-19-15(25-12-26-19)8-11-31(17)22(33)21-29-28-20(34-21)18-7-9-27-30(18)2/h3-5,7,9-10,12-13,17H,6,8,11,24H2,1-2H3,(H,25,26)/b16-5-/t13?,17-/m0/s1. The van der Waals surface area contributed by atoms with Crippen molar-refractivity contribution in [3.8, 4) is 11.6 Å². The molecule has 11 nitrogen and oxygen atoms in total. The van der Waals surface area contributed by atoms with Gasteiger partial charge in [0.25, 0.3) is 5.89 Å². The van der Waals surface area contributed by atoms with Gasteiger partial charge in [0.05, 0.1) is 23.8 Å². The lowest BCUT2D eigenvalue weighted by molar-refractivity contribution is 0.0616. The summed E-state index contributed by atoms with van der Waals surface area (Å²) in [5, 5.41) is 13.8. The first-order valence-electron chi connectivity index (χ1n) is 10.9. The Kier molecular flexibility index (Phi) is 6.08. The summed E-state index contributed by atoms with van der Waals surface area (Å²) in [4.78, 5) is 23.0. The summed E-state index contributed by atoms with van der Waals surface area (Å²) in [5.41, 5.74) is 4.54. The van der Waals surface area contributed by atoms with Crippen molar-refractivity contribution in [1.82, 2.24) is 39.9 Å². The van der Waals surface area contributed by atoms with E-state index in [1.807, 2.05) is 12.3 Å². The number of halogens is 1. The van der Waals surface area contributed by atoms with E-state index in [4.69, 9.17) is 10.3 Å². The van der Waals surface area contributed by atoms with Crippen LogP contribution in [0.2, 0.25) is 0 Å². The molecule has 0 bridgehead atoms. The maximum Gasteiger partial charge on any atom is 0.312 e. The predicted molar refractivity (Wildman–Crippen MR) is 132 cm³/mol. The van der Waals surface area contributed by atoms with E-state index < -0.39 is 0 Å². The Labute approximate surface area is 209 Å². The van der Waals surface area contributed by atoms with E-state index in [1.54, 1.807) is 40.2 Å². The maximum atomic E-state index is 13.5. The van der Waals surface area contributed by atoms with Crippen molar-refractivity contribution in [2.45, 2.75) is 29.7 Å². The highest BCUT2D eigenvalue weighted by molar-refractivity contribution is 14.1. The molecule has 0 aliphatic carbocycles. The van der Waals surface area contributed by atoms with Gasteiger partial charge >= 0.3 is 11.8 Å². The zero-order chi connectivity index (χ0) is 23.8. The van der Waals surface area contributed by atoms with E-state index >= 15 is 0 Å². The molecule has 2 aliphatic rings. The molecule has 0 saturated carbocycles. The minimum atomic E-state index is -0.330. The van der Waals surface area contributed by atoms with Gasteiger partial charge in [-0.05, 0) is 31.1 Å². The van der Waals surface area contributed by atoms with Crippen LogP contribution in [0.25, 0.3) is 11.6 Å². The van der Waals surface area contributed by atoms with Crippen molar-refractivity contribution >= 4 is 28.5 Å². The van der Waals surface area contributed by atoms with Crippen LogP contribution in [0.4, 0.5) is 0 Å². The summed E-state index contributed by atoms with van der Waals surface area (Å²) in [6.45, 7) is 2.62. The van der Waals surface area contributed by atoms with Crippen molar-refractivity contribution < 1.29 is 9.21 Å². The van der Waals surface area contributed by atoms with Crippen LogP contribution in [-0.2, 0) is 13.5 Å². The Bertz CT molecular complexity index is 1300. The van der Waals surface area contributed by atoms with Crippen molar-refractivity contribution in [3.63, 3.8) is 0 Å². The molecule has 1 unspecified atom stereocenters. The highest BCUT2D eigenvalue weighted by atomic mass is 127. The second kappa shape index (κ2) is 9.18. The lowest BCUT2D eigenvalue weighted by Gasteiger charge is -2.34. The van der Waals surface area contributed by atoms with E-state index in [-0.39, 0.29) is 27.7 Å². The Morgan fingerprint density at radius 3 is 3.06 bits per heavy atom. The molecule has 0 saturated heterocycles. The van der Waals surface area contributed by atoms with Crippen LogP contribution in [0, 0.1) is 0 Å². The predicted octanol–water partition coefficient (Wildman–Crippen LogP) is 2.66. The SMILES string of the molecule is CC(I)C1=CC=CN(N)/C1=C\C[C@H]1c2nc[nH]c2CCN1C(=O)c1nnc(-c2ccnn2C)o1. The first kappa shape index (κ1) is 22.5. The molecule has 0 aromatic carbocycles. The van der Waals surface area contributed by atoms with Crippen LogP contribution in [-0.4, -0.2) is 56.2 Å². The average Bonchev–Trinajstić information content (AvgIpc) is 3.57. The number of carbonyl (C=O) groups excluding carboxylic acids is 1. The topological polar surface area (TPSA) is 135 Å². The molecule has 5 heterocycles. The van der Waals surface area contributed by atoms with Crippen molar-refractivity contribution in [2.75, 3.05) is 6.54 Å². The number of carbonyl (C=O) groups is 1. The zero-order valence-corrected chi connectivity index (χ0v) is 20.9. The number of alkyl halides is 1. The van der Waals surface area contributed by atoms with E-state index in [1.165, 1.54) is 0 Å². The number of fused-ring (bicyclic) bond motifs is 1. The number of H-pyrrole nitrogens is 1. The van der Waals surface area contributed by atoms with Gasteiger partial charge in [0, 0.05) is 42.0 Å². The minimum absolute atomic E-state index is 0.0599. The van der Waals surface area contributed by atoms with E-state index in [0.717, 1.165) is 22.7 Å². The number of nitrogens with two attached hydrogens (primary N) is 1. The summed E-state index contributed by atoms with van der Waals surface area (Å²) >= 11 is 2.37. The van der Waals surface area contributed by atoms with Gasteiger partial charge in [-0.3, -0.25) is 14.5 Å². The number of nitrogens with one attached hydrogen (secondary N) is 1. The molecule has 3 N–H and O–H groups in total. The lowest BCUT2D eigenvalue weighted by Crippen LogP contribution is -2.40. The molecular formula is C22H24IN9O2. The molecule has 0 spiro atoms. The number of hydrogen-bond acceptors (Lipinski definition) is 8. The van der Waals surface area contributed by atoms with Crippen LogP contribution < -0.4 is 5.84 Å². The second-order valence-electron chi connectivity index (χ2n) is 8.09. The molecule has 1 amide bonds. The summed E-state index contributed by atoms with van der Waals surface area (Å²) in [7, 11) is 1.77. The Balaban J connectivity index is 1.45. The zero-order valence-electron chi connectivity index (χ0n) is 18.7. The van der Waals surface area contributed by atoms with Gasteiger partial charge in [0.15, 0.2) is 0 Å².